The molecule has 0 aromatic heterocycles. The second kappa shape index (κ2) is 20.6. The number of carbonyl (C=O) groups excluding carboxylic acids is 2. The van der Waals surface area contributed by atoms with E-state index < -0.39 is 10.8 Å². The maximum atomic E-state index is 12.4. The molecule has 2 aliphatic carbocycles. The van der Waals surface area contributed by atoms with Gasteiger partial charge in [0.1, 0.15) is 10.8 Å². The van der Waals surface area contributed by atoms with Gasteiger partial charge in [-0.15, -0.1) is 12.8 Å². The van der Waals surface area contributed by atoms with Crippen LogP contribution in [0.4, 0.5) is 0 Å². The van der Waals surface area contributed by atoms with E-state index in [1.165, 1.54) is 12.0 Å². The van der Waals surface area contributed by atoms with Gasteiger partial charge < -0.3 is 10.6 Å². The van der Waals surface area contributed by atoms with Crippen molar-refractivity contribution >= 4 is 46.0 Å². The van der Waals surface area contributed by atoms with Crippen molar-refractivity contribution in [2.75, 3.05) is 13.1 Å². The zero-order chi connectivity index (χ0) is 32.1. The maximum absolute atomic E-state index is 12.4. The molecule has 2 amide bonds. The Balaban J connectivity index is 0.000000389. The van der Waals surface area contributed by atoms with Crippen LogP contribution in [0.3, 0.4) is 0 Å². The van der Waals surface area contributed by atoms with E-state index in [0.29, 0.717) is 25.9 Å². The first-order valence-electron chi connectivity index (χ1n) is 15.5. The summed E-state index contributed by atoms with van der Waals surface area (Å²) in [6, 6.07) is 20.0. The first-order valence-corrected chi connectivity index (χ1v) is 16.3. The fourth-order valence-electron chi connectivity index (χ4n) is 4.62. The smallest absolute Gasteiger partial charge is 0.238 e. The number of hydrogen-bond acceptors (Lipinski definition) is 4. The summed E-state index contributed by atoms with van der Waals surface area (Å²) in [5.41, 5.74) is 1.18. The summed E-state index contributed by atoms with van der Waals surface area (Å²) in [5.74, 6) is 5.22. The highest BCUT2D eigenvalue weighted by Crippen LogP contribution is 2.44. The molecule has 4 nitrogen and oxygen atoms in total. The molecule has 6 heteroatoms. The van der Waals surface area contributed by atoms with Gasteiger partial charge in [-0.25, -0.2) is 0 Å². The summed E-state index contributed by atoms with van der Waals surface area (Å²) in [6.07, 6.45) is 18.8. The summed E-state index contributed by atoms with van der Waals surface area (Å²) in [6.45, 7) is 8.85. The Morgan fingerprint density at radius 2 is 1.00 bits per heavy atom. The molecule has 2 aromatic carbocycles. The average molecular weight is 617 g/mol. The molecule has 0 bridgehead atoms. The average Bonchev–Trinajstić information content (AvgIpc) is 3.87. The summed E-state index contributed by atoms with van der Waals surface area (Å²) in [5, 5.41) is 5.78. The first kappa shape index (κ1) is 37.7. The zero-order valence-electron chi connectivity index (χ0n) is 26.3. The van der Waals surface area contributed by atoms with Crippen LogP contribution in [-0.4, -0.2) is 34.6 Å². The molecule has 0 atom stereocenters. The van der Waals surface area contributed by atoms with Crippen LogP contribution >= 0.6 is 24.4 Å². The maximum Gasteiger partial charge on any atom is 0.238 e. The SMILES string of the molecule is C#CC1(C(=O)NCC(=S)Cc2ccccc2)CC1.C#CC1(C(=O)NCC(=S)Cc2ccccc2)CCCCC1.CC.CC. The van der Waals surface area contributed by atoms with Crippen molar-refractivity contribution in [1.29, 1.82) is 0 Å². The molecule has 0 spiro atoms. The molecule has 230 valence electrons. The minimum atomic E-state index is -0.611. The van der Waals surface area contributed by atoms with E-state index in [9.17, 15) is 9.59 Å². The van der Waals surface area contributed by atoms with Crippen LogP contribution in [0.2, 0.25) is 0 Å². The van der Waals surface area contributed by atoms with Crippen LogP contribution in [0.15, 0.2) is 60.7 Å². The Morgan fingerprint density at radius 3 is 1.33 bits per heavy atom. The summed E-state index contributed by atoms with van der Waals surface area (Å²) in [7, 11) is 0. The van der Waals surface area contributed by atoms with Gasteiger partial charge in [0, 0.05) is 35.7 Å². The Bertz CT molecular complexity index is 1230. The van der Waals surface area contributed by atoms with Crippen LogP contribution in [0.25, 0.3) is 0 Å². The van der Waals surface area contributed by atoms with Gasteiger partial charge in [0.25, 0.3) is 0 Å². The van der Waals surface area contributed by atoms with Gasteiger partial charge in [-0.05, 0) is 36.8 Å². The van der Waals surface area contributed by atoms with E-state index in [4.69, 9.17) is 37.3 Å². The van der Waals surface area contributed by atoms with Crippen LogP contribution < -0.4 is 10.6 Å². The van der Waals surface area contributed by atoms with Gasteiger partial charge in [0.2, 0.25) is 11.8 Å². The van der Waals surface area contributed by atoms with Crippen molar-refractivity contribution in [2.45, 2.75) is 85.5 Å². The van der Waals surface area contributed by atoms with E-state index in [1.54, 1.807) is 0 Å². The highest BCUT2D eigenvalue weighted by Gasteiger charge is 2.48. The lowest BCUT2D eigenvalue weighted by Gasteiger charge is -2.30. The third-order valence-corrected chi connectivity index (χ3v) is 7.84. The van der Waals surface area contributed by atoms with E-state index >= 15 is 0 Å². The lowest BCUT2D eigenvalue weighted by Crippen LogP contribution is -2.43. The predicted octanol–water partition coefficient (Wildman–Crippen LogP) is 7.48. The topological polar surface area (TPSA) is 58.2 Å². The Morgan fingerprint density at radius 1 is 0.651 bits per heavy atom. The molecule has 0 aliphatic heterocycles. The fourth-order valence-corrected chi connectivity index (χ4v) is 5.10. The van der Waals surface area contributed by atoms with Crippen molar-refractivity contribution in [3.63, 3.8) is 0 Å². The number of nitrogens with one attached hydrogen (secondary N) is 2. The third kappa shape index (κ3) is 12.8. The van der Waals surface area contributed by atoms with Crippen LogP contribution in [0, 0.1) is 35.5 Å². The largest absolute Gasteiger partial charge is 0.350 e. The monoisotopic (exact) mass is 616 g/mol. The van der Waals surface area contributed by atoms with E-state index in [0.717, 1.165) is 53.8 Å². The molecule has 2 aliphatic rings. The zero-order valence-corrected chi connectivity index (χ0v) is 28.0. The van der Waals surface area contributed by atoms with Crippen molar-refractivity contribution in [3.8, 4) is 24.7 Å². The second-order valence-electron chi connectivity index (χ2n) is 10.3. The number of thiocarbonyl (C=S) groups is 2. The normalized spacial score (nSPS) is 14.9. The van der Waals surface area contributed by atoms with Gasteiger partial charge >= 0.3 is 0 Å². The van der Waals surface area contributed by atoms with E-state index in [2.05, 4.69) is 22.5 Å². The molecule has 43 heavy (non-hydrogen) atoms. The number of carbonyl (C=O) groups is 2. The molecule has 0 radical (unpaired) electrons. The highest BCUT2D eigenvalue weighted by atomic mass is 32.1. The fraction of sp³-hybridized carbons (Fsp3) is 0.459. The van der Waals surface area contributed by atoms with Crippen molar-refractivity contribution in [2.24, 2.45) is 10.8 Å². The van der Waals surface area contributed by atoms with Crippen LogP contribution in [0.5, 0.6) is 0 Å². The van der Waals surface area contributed by atoms with Gasteiger partial charge in [-0.2, -0.15) is 0 Å². The van der Waals surface area contributed by atoms with Crippen molar-refractivity contribution in [3.05, 3.63) is 71.8 Å². The highest BCUT2D eigenvalue weighted by molar-refractivity contribution is 7.80. The van der Waals surface area contributed by atoms with Crippen molar-refractivity contribution < 1.29 is 9.59 Å². The lowest BCUT2D eigenvalue weighted by molar-refractivity contribution is -0.129. The number of terminal acetylenes is 2. The molecular weight excluding hydrogens is 569 g/mol. The van der Waals surface area contributed by atoms with Gasteiger partial charge in [-0.1, -0.05) is 144 Å². The standard InChI is InChI=1S/C18H21NOS.C15H15NOS.2C2H6/c1-2-18(11-7-4-8-12-18)17(20)19-14-16(21)13-15-9-5-3-6-10-15;1-2-15(8-9-15)14(17)16-11-13(18)10-12-6-4-3-5-7-12;2*1-2/h1,3,5-6,9-10H,4,7-8,11-14H2,(H,19,20);1,3-7H,8-11H2,(H,16,17);2*1-2H3. The lowest BCUT2D eigenvalue weighted by atomic mass is 9.74. The quantitative estimate of drug-likeness (QED) is 0.215. The molecule has 2 saturated carbocycles. The molecule has 2 fully saturated rings. The summed E-state index contributed by atoms with van der Waals surface area (Å²) < 4.78 is 0. The first-order chi connectivity index (χ1) is 20.8. The summed E-state index contributed by atoms with van der Waals surface area (Å²) >= 11 is 10.6. The minimum Gasteiger partial charge on any atom is -0.350 e. The Kier molecular flexibility index (Phi) is 18.0. The van der Waals surface area contributed by atoms with Crippen LogP contribution in [-0.2, 0) is 22.4 Å². The predicted molar refractivity (Wildman–Crippen MR) is 189 cm³/mol. The minimum absolute atomic E-state index is 0.0277. The molecule has 0 unspecified atom stereocenters. The number of amides is 2. The Hall–Kier alpha value is -3.32. The molecule has 2 N–H and O–H groups in total. The molecular formula is C37H48N2O2S2. The third-order valence-electron chi connectivity index (χ3n) is 7.26. The van der Waals surface area contributed by atoms with Gasteiger partial charge in [0.15, 0.2) is 0 Å². The van der Waals surface area contributed by atoms with E-state index in [1.807, 2.05) is 88.4 Å². The van der Waals surface area contributed by atoms with Gasteiger partial charge in [-0.3, -0.25) is 9.59 Å². The van der Waals surface area contributed by atoms with Crippen molar-refractivity contribution in [1.82, 2.24) is 10.6 Å². The van der Waals surface area contributed by atoms with Crippen LogP contribution in [0.1, 0.15) is 83.8 Å². The molecule has 2 aromatic rings. The summed E-state index contributed by atoms with van der Waals surface area (Å²) in [4.78, 5) is 25.8. The van der Waals surface area contributed by atoms with E-state index in [-0.39, 0.29) is 11.8 Å². The second-order valence-corrected chi connectivity index (χ2v) is 11.4. The number of hydrogen-bond donors (Lipinski definition) is 2. The number of rotatable bonds is 10. The number of benzene rings is 2. The van der Waals surface area contributed by atoms with Gasteiger partial charge in [0.05, 0.1) is 0 Å². The molecule has 0 heterocycles. The molecule has 0 saturated heterocycles. The molecule has 4 rings (SSSR count). The Labute approximate surface area is 271 Å².